The predicted octanol–water partition coefficient (Wildman–Crippen LogP) is 3.69. The Hall–Kier alpha value is -5.72. The normalized spacial score (nSPS) is 19.8. The average Bonchev–Trinajstić information content (AvgIpc) is 3.88. The number of imide groups is 1. The number of hydrogen-bond acceptors (Lipinski definition) is 12. The number of amides is 3. The molecule has 4 aliphatic rings. The largest absolute Gasteiger partial charge is 0.387 e. The summed E-state index contributed by atoms with van der Waals surface area (Å²) in [5.41, 5.74) is 7.63. The molecule has 0 aliphatic carbocycles. The van der Waals surface area contributed by atoms with Crippen molar-refractivity contribution in [3.05, 3.63) is 77.1 Å². The molecular weight excluding hydrogens is 679 g/mol. The van der Waals surface area contributed by atoms with E-state index in [0.717, 1.165) is 88.6 Å². The molecule has 0 saturated carbocycles. The maximum Gasteiger partial charge on any atom is 0.255 e. The Labute approximate surface area is 303 Å². The molecule has 52 heavy (non-hydrogen) atoms. The zero-order chi connectivity index (χ0) is 35.6. The fourth-order valence-electron chi connectivity index (χ4n) is 8.31. The van der Waals surface area contributed by atoms with Gasteiger partial charge in [0.1, 0.15) is 12.1 Å². The smallest absolute Gasteiger partial charge is 0.255 e. The third-order valence-corrected chi connectivity index (χ3v) is 11.8. The van der Waals surface area contributed by atoms with E-state index in [1.165, 1.54) is 6.42 Å². The Morgan fingerprint density at radius 3 is 2.77 bits per heavy atom. The van der Waals surface area contributed by atoms with E-state index in [1.54, 1.807) is 33.0 Å². The van der Waals surface area contributed by atoms with Crippen molar-refractivity contribution in [2.45, 2.75) is 44.8 Å². The minimum Gasteiger partial charge on any atom is -0.387 e. The number of pyridine rings is 1. The van der Waals surface area contributed by atoms with Gasteiger partial charge < -0.3 is 15.1 Å². The highest BCUT2D eigenvalue weighted by molar-refractivity contribution is 7.18. The lowest BCUT2D eigenvalue weighted by molar-refractivity contribution is -0.136. The van der Waals surface area contributed by atoms with E-state index in [-0.39, 0.29) is 29.6 Å². The lowest BCUT2D eigenvalue weighted by Gasteiger charge is -2.54. The quantitative estimate of drug-likeness (QED) is 0.237. The number of likely N-dealkylation sites (tertiary alicyclic amines) is 1. The SMILES string of the molecule is CNc1cc(-c2ccc3cc(C#N)cnn23)ncc1-c1nnc(N2CCCC3(CN(Cc4ccc5c(c4)CN(C4CCC(=O)NC4=O)C5=O)C3)C2)s1. The molecule has 5 aromatic rings. The molecule has 1 spiro atoms. The van der Waals surface area contributed by atoms with Crippen LogP contribution in [-0.2, 0) is 22.7 Å². The van der Waals surface area contributed by atoms with Gasteiger partial charge in [0, 0.05) is 75.6 Å². The number of nitriles is 1. The Kier molecular flexibility index (Phi) is 7.74. The van der Waals surface area contributed by atoms with E-state index in [2.05, 4.69) is 47.9 Å². The highest BCUT2D eigenvalue weighted by Crippen LogP contribution is 2.43. The lowest BCUT2D eigenvalue weighted by atomic mass is 9.73. The number of piperidine rings is 2. The molecule has 1 aromatic carbocycles. The van der Waals surface area contributed by atoms with E-state index in [1.807, 2.05) is 43.6 Å². The van der Waals surface area contributed by atoms with Crippen molar-refractivity contribution in [3.63, 3.8) is 0 Å². The van der Waals surface area contributed by atoms with E-state index < -0.39 is 6.04 Å². The van der Waals surface area contributed by atoms with Crippen molar-refractivity contribution in [2.75, 3.05) is 43.4 Å². The summed E-state index contributed by atoms with van der Waals surface area (Å²) in [7, 11) is 1.88. The number of carbonyl (C=O) groups is 3. The molecule has 3 saturated heterocycles. The zero-order valence-corrected chi connectivity index (χ0v) is 29.3. The van der Waals surface area contributed by atoms with Gasteiger partial charge in [0.25, 0.3) is 5.91 Å². The van der Waals surface area contributed by atoms with Crippen LogP contribution in [0.25, 0.3) is 27.5 Å². The molecule has 0 radical (unpaired) electrons. The summed E-state index contributed by atoms with van der Waals surface area (Å²) in [4.78, 5) is 48.4. The Morgan fingerprint density at radius 1 is 1.06 bits per heavy atom. The highest BCUT2D eigenvalue weighted by atomic mass is 32.1. The molecule has 2 N–H and O–H groups in total. The first kappa shape index (κ1) is 32.2. The molecule has 9 rings (SSSR count). The van der Waals surface area contributed by atoms with Gasteiger partial charge in [0.2, 0.25) is 16.9 Å². The summed E-state index contributed by atoms with van der Waals surface area (Å²) in [6, 6.07) is 15.2. The molecule has 4 aromatic heterocycles. The second-order valence-electron chi connectivity index (χ2n) is 14.2. The van der Waals surface area contributed by atoms with Crippen LogP contribution in [0.1, 0.15) is 52.7 Å². The predicted molar refractivity (Wildman–Crippen MR) is 193 cm³/mol. The van der Waals surface area contributed by atoms with Gasteiger partial charge in [-0.15, -0.1) is 10.2 Å². The van der Waals surface area contributed by atoms with Crippen molar-refractivity contribution >= 4 is 45.4 Å². The number of hydrogen-bond donors (Lipinski definition) is 2. The second kappa shape index (κ2) is 12.5. The average molecular weight is 714 g/mol. The maximum absolute atomic E-state index is 13.1. The summed E-state index contributed by atoms with van der Waals surface area (Å²) < 4.78 is 1.78. The fraction of sp³-hybridized carbons (Fsp3) is 0.351. The van der Waals surface area contributed by atoms with E-state index in [4.69, 9.17) is 4.98 Å². The Bertz CT molecular complexity index is 2320. The van der Waals surface area contributed by atoms with Crippen LogP contribution in [0, 0.1) is 16.7 Å². The monoisotopic (exact) mass is 713 g/mol. The third-order valence-electron chi connectivity index (χ3n) is 10.8. The van der Waals surface area contributed by atoms with Crippen LogP contribution < -0.4 is 15.5 Å². The second-order valence-corrected chi connectivity index (χ2v) is 15.2. The molecule has 1 atom stereocenters. The molecule has 1 unspecified atom stereocenters. The van der Waals surface area contributed by atoms with E-state index in [0.29, 0.717) is 24.1 Å². The standard InChI is InChI=1S/C37H35N11O3S/c1-39-28-13-29(30-6-4-25-12-23(14-38)15-41-48(25)30)40-16-27(28)34-43-44-36(52-34)46-10-2-9-37(21-46)19-45(20-37)17-22-3-5-26-24(11-22)18-47(35(26)51)31-7-8-32(49)42-33(31)50/h3-6,11-13,15-16,31H,2,7-10,17-21H2,1H3,(H,39,40)(H,42,49,50). The molecule has 4 aliphatic heterocycles. The van der Waals surface area contributed by atoms with Crippen LogP contribution in [0.3, 0.4) is 0 Å². The first-order valence-corrected chi connectivity index (χ1v) is 18.3. The molecule has 262 valence electrons. The summed E-state index contributed by atoms with van der Waals surface area (Å²) in [6.45, 7) is 5.04. The van der Waals surface area contributed by atoms with Gasteiger partial charge in [-0.05, 0) is 60.7 Å². The van der Waals surface area contributed by atoms with Gasteiger partial charge in [-0.1, -0.05) is 23.5 Å². The van der Waals surface area contributed by atoms with Crippen LogP contribution in [0.4, 0.5) is 10.8 Å². The minimum absolute atomic E-state index is 0.142. The number of anilines is 2. The fourth-order valence-corrected chi connectivity index (χ4v) is 9.20. The Morgan fingerprint density at radius 2 is 1.94 bits per heavy atom. The van der Waals surface area contributed by atoms with Gasteiger partial charge in [-0.3, -0.25) is 29.6 Å². The summed E-state index contributed by atoms with van der Waals surface area (Å²) in [6.07, 6.45) is 6.25. The van der Waals surface area contributed by atoms with Crippen molar-refractivity contribution in [3.8, 4) is 28.0 Å². The lowest BCUT2D eigenvalue weighted by Crippen LogP contribution is -2.62. The molecule has 8 heterocycles. The van der Waals surface area contributed by atoms with Crippen LogP contribution in [0.2, 0.25) is 0 Å². The molecule has 15 heteroatoms. The number of aromatic nitrogens is 5. The number of nitrogens with zero attached hydrogens (tertiary/aromatic N) is 9. The van der Waals surface area contributed by atoms with Crippen molar-refractivity contribution in [1.29, 1.82) is 5.26 Å². The highest BCUT2D eigenvalue weighted by Gasteiger charge is 2.46. The van der Waals surface area contributed by atoms with Crippen LogP contribution in [0.15, 0.2) is 54.9 Å². The number of rotatable bonds is 7. The molecular formula is C37H35N11O3S. The van der Waals surface area contributed by atoms with Crippen LogP contribution in [0.5, 0.6) is 0 Å². The summed E-state index contributed by atoms with van der Waals surface area (Å²) >= 11 is 1.58. The van der Waals surface area contributed by atoms with Gasteiger partial charge in [-0.25, -0.2) is 4.52 Å². The zero-order valence-electron chi connectivity index (χ0n) is 28.5. The topological polar surface area (TPSA) is 165 Å². The number of fused-ring (bicyclic) bond motifs is 2. The van der Waals surface area contributed by atoms with E-state index >= 15 is 0 Å². The van der Waals surface area contributed by atoms with Crippen molar-refractivity contribution in [2.24, 2.45) is 5.41 Å². The Balaban J connectivity index is 0.848. The van der Waals surface area contributed by atoms with Gasteiger partial charge in [-0.2, -0.15) is 10.4 Å². The van der Waals surface area contributed by atoms with Gasteiger partial charge >= 0.3 is 0 Å². The summed E-state index contributed by atoms with van der Waals surface area (Å²) in [5, 5.41) is 30.3. The molecule has 3 fully saturated rings. The first-order valence-electron chi connectivity index (χ1n) is 17.4. The minimum atomic E-state index is -0.604. The summed E-state index contributed by atoms with van der Waals surface area (Å²) in [5.74, 6) is -0.811. The van der Waals surface area contributed by atoms with Crippen LogP contribution >= 0.6 is 11.3 Å². The van der Waals surface area contributed by atoms with Crippen molar-refractivity contribution in [1.82, 2.24) is 39.9 Å². The van der Waals surface area contributed by atoms with Crippen LogP contribution in [-0.4, -0.2) is 91.6 Å². The maximum atomic E-state index is 13.1. The molecule has 14 nitrogen and oxygen atoms in total. The van der Waals surface area contributed by atoms with Crippen molar-refractivity contribution < 1.29 is 14.4 Å². The van der Waals surface area contributed by atoms with E-state index in [9.17, 15) is 19.6 Å². The molecule has 0 bridgehead atoms. The van der Waals surface area contributed by atoms with Gasteiger partial charge in [0.05, 0.1) is 34.2 Å². The number of carbonyl (C=O) groups excluding carboxylic acids is 3. The third kappa shape index (κ3) is 5.55. The number of benzene rings is 1. The van der Waals surface area contributed by atoms with Gasteiger partial charge in [0.15, 0.2) is 5.01 Å². The first-order chi connectivity index (χ1) is 25.3. The molecule has 3 amide bonds. The number of nitrogens with one attached hydrogen (secondary N) is 2.